The summed E-state index contributed by atoms with van der Waals surface area (Å²) in [6.07, 6.45) is 2.20. The van der Waals surface area contributed by atoms with Crippen LogP contribution < -0.4 is 10.6 Å². The summed E-state index contributed by atoms with van der Waals surface area (Å²) >= 11 is 1.53. The number of hydrogen-bond acceptors (Lipinski definition) is 3. The van der Waals surface area contributed by atoms with Crippen LogP contribution in [0.3, 0.4) is 0 Å². The van der Waals surface area contributed by atoms with Crippen molar-refractivity contribution in [2.45, 2.75) is 30.8 Å². The van der Waals surface area contributed by atoms with Crippen molar-refractivity contribution < 1.29 is 9.90 Å². The predicted octanol–water partition coefficient (Wildman–Crippen LogP) is 2.99. The molecule has 1 heterocycles. The zero-order chi connectivity index (χ0) is 16.3. The van der Waals surface area contributed by atoms with Crippen LogP contribution in [0.25, 0.3) is 0 Å². The summed E-state index contributed by atoms with van der Waals surface area (Å²) < 4.78 is 0. The molecule has 1 atom stereocenters. The van der Waals surface area contributed by atoms with E-state index < -0.39 is 5.60 Å². The van der Waals surface area contributed by atoms with Crippen LogP contribution in [-0.4, -0.2) is 24.2 Å². The van der Waals surface area contributed by atoms with Crippen LogP contribution in [0.15, 0.2) is 47.2 Å². The van der Waals surface area contributed by atoms with Gasteiger partial charge >= 0.3 is 6.03 Å². The van der Waals surface area contributed by atoms with Crippen LogP contribution >= 0.6 is 11.3 Å². The molecule has 5 heteroatoms. The van der Waals surface area contributed by atoms with E-state index in [1.54, 1.807) is 6.92 Å². The van der Waals surface area contributed by atoms with Crippen LogP contribution in [0.4, 0.5) is 4.79 Å². The van der Waals surface area contributed by atoms with Crippen molar-refractivity contribution in [1.82, 2.24) is 10.6 Å². The predicted molar refractivity (Wildman–Crippen MR) is 92.6 cm³/mol. The Hall–Kier alpha value is -1.85. The zero-order valence-electron chi connectivity index (χ0n) is 13.2. The van der Waals surface area contributed by atoms with E-state index in [1.165, 1.54) is 16.9 Å². The van der Waals surface area contributed by atoms with E-state index in [1.807, 2.05) is 35.0 Å². The third-order valence-electron chi connectivity index (χ3n) is 4.56. The summed E-state index contributed by atoms with van der Waals surface area (Å²) in [5.74, 6) is 0. The summed E-state index contributed by atoms with van der Waals surface area (Å²) in [5, 5.41) is 19.9. The highest BCUT2D eigenvalue weighted by molar-refractivity contribution is 7.08. The molecular formula is C18H22N2O2S. The van der Waals surface area contributed by atoms with Gasteiger partial charge in [0.15, 0.2) is 0 Å². The van der Waals surface area contributed by atoms with Gasteiger partial charge in [0.25, 0.3) is 0 Å². The molecule has 1 aromatic heterocycles. The third kappa shape index (κ3) is 3.74. The van der Waals surface area contributed by atoms with Crippen LogP contribution in [-0.2, 0) is 11.0 Å². The molecular weight excluding hydrogens is 308 g/mol. The molecule has 1 aliphatic carbocycles. The van der Waals surface area contributed by atoms with Gasteiger partial charge in [0.1, 0.15) is 5.60 Å². The Morgan fingerprint density at radius 2 is 2.00 bits per heavy atom. The van der Waals surface area contributed by atoms with Crippen LogP contribution in [0.1, 0.15) is 30.9 Å². The normalized spacial score (nSPS) is 18.0. The Balaban J connectivity index is 1.49. The number of rotatable bonds is 6. The van der Waals surface area contributed by atoms with Gasteiger partial charge in [-0.15, -0.1) is 0 Å². The van der Waals surface area contributed by atoms with Gasteiger partial charge in [0.05, 0.1) is 6.54 Å². The third-order valence-corrected chi connectivity index (χ3v) is 5.25. The molecule has 0 aliphatic heterocycles. The maximum atomic E-state index is 12.0. The fourth-order valence-electron chi connectivity index (χ4n) is 2.75. The minimum absolute atomic E-state index is 0.0917. The molecule has 0 spiro atoms. The van der Waals surface area contributed by atoms with E-state index in [-0.39, 0.29) is 18.0 Å². The fraction of sp³-hybridized carbons (Fsp3) is 0.389. The smallest absolute Gasteiger partial charge is 0.314 e. The van der Waals surface area contributed by atoms with Gasteiger partial charge in [-0.25, -0.2) is 4.79 Å². The summed E-state index contributed by atoms with van der Waals surface area (Å²) in [4.78, 5) is 12.0. The maximum absolute atomic E-state index is 12.0. The molecule has 23 heavy (non-hydrogen) atoms. The first-order valence-corrected chi connectivity index (χ1v) is 8.78. The molecule has 0 saturated heterocycles. The van der Waals surface area contributed by atoms with Gasteiger partial charge in [-0.3, -0.25) is 0 Å². The fourth-order valence-corrected chi connectivity index (χ4v) is 3.53. The lowest BCUT2D eigenvalue weighted by molar-refractivity contribution is 0.0598. The molecule has 1 unspecified atom stereocenters. The standard InChI is InChI=1S/C18H22N2O2S/c1-17(22,15-7-10-23-11-15)12-19-16(21)20-13-18(8-9-18)14-5-3-2-4-6-14/h2-7,10-11,22H,8-9,12-13H2,1H3,(H2,19,20,21). The number of urea groups is 1. The van der Waals surface area contributed by atoms with Crippen molar-refractivity contribution in [1.29, 1.82) is 0 Å². The first-order chi connectivity index (χ1) is 11.0. The van der Waals surface area contributed by atoms with Gasteiger partial charge in [-0.2, -0.15) is 11.3 Å². The Morgan fingerprint density at radius 3 is 2.61 bits per heavy atom. The summed E-state index contributed by atoms with van der Waals surface area (Å²) in [7, 11) is 0. The maximum Gasteiger partial charge on any atom is 0.314 e. The zero-order valence-corrected chi connectivity index (χ0v) is 14.0. The topological polar surface area (TPSA) is 61.4 Å². The van der Waals surface area contributed by atoms with Crippen molar-refractivity contribution in [3.05, 3.63) is 58.3 Å². The molecule has 3 rings (SSSR count). The first-order valence-electron chi connectivity index (χ1n) is 7.84. The Kier molecular flexibility index (Phi) is 4.41. The van der Waals surface area contributed by atoms with Gasteiger partial charge in [0, 0.05) is 12.0 Å². The lowest BCUT2D eigenvalue weighted by atomic mass is 9.96. The number of hydrogen-bond donors (Lipinski definition) is 3. The first kappa shape index (κ1) is 16.0. The van der Waals surface area contributed by atoms with E-state index in [0.29, 0.717) is 6.54 Å². The van der Waals surface area contributed by atoms with Gasteiger partial charge in [0.2, 0.25) is 0 Å². The van der Waals surface area contributed by atoms with E-state index in [4.69, 9.17) is 0 Å². The molecule has 1 aliphatic rings. The number of amides is 2. The molecule has 0 radical (unpaired) electrons. The van der Waals surface area contributed by atoms with Gasteiger partial charge < -0.3 is 15.7 Å². The lowest BCUT2D eigenvalue weighted by Crippen LogP contribution is -2.45. The van der Waals surface area contributed by atoms with Crippen LogP contribution in [0, 0.1) is 0 Å². The largest absolute Gasteiger partial charge is 0.384 e. The SMILES string of the molecule is CC(O)(CNC(=O)NCC1(c2ccccc2)CC1)c1ccsc1. The molecule has 1 aromatic carbocycles. The Morgan fingerprint density at radius 1 is 1.26 bits per heavy atom. The number of aliphatic hydroxyl groups is 1. The van der Waals surface area contributed by atoms with Crippen molar-refractivity contribution in [3.8, 4) is 0 Å². The van der Waals surface area contributed by atoms with Crippen molar-refractivity contribution in [2.75, 3.05) is 13.1 Å². The average Bonchev–Trinajstić information content (AvgIpc) is 3.14. The number of nitrogens with one attached hydrogen (secondary N) is 2. The van der Waals surface area contributed by atoms with Crippen molar-refractivity contribution >= 4 is 17.4 Å². The quantitative estimate of drug-likeness (QED) is 0.762. The molecule has 2 amide bonds. The minimum Gasteiger partial charge on any atom is -0.384 e. The minimum atomic E-state index is -1.05. The highest BCUT2D eigenvalue weighted by Gasteiger charge is 2.44. The number of carbonyl (C=O) groups excluding carboxylic acids is 1. The molecule has 1 saturated carbocycles. The lowest BCUT2D eigenvalue weighted by Gasteiger charge is -2.23. The molecule has 122 valence electrons. The van der Waals surface area contributed by atoms with Gasteiger partial charge in [-0.05, 0) is 47.7 Å². The second-order valence-electron chi connectivity index (χ2n) is 6.47. The summed E-state index contributed by atoms with van der Waals surface area (Å²) in [5.41, 5.74) is 1.15. The number of thiophene rings is 1. The molecule has 0 bridgehead atoms. The number of carbonyl (C=O) groups is 1. The second kappa shape index (κ2) is 6.34. The second-order valence-corrected chi connectivity index (χ2v) is 7.25. The Labute approximate surface area is 140 Å². The van der Waals surface area contributed by atoms with Crippen LogP contribution in [0.5, 0.6) is 0 Å². The number of benzene rings is 1. The molecule has 2 aromatic rings. The van der Waals surface area contributed by atoms with E-state index in [9.17, 15) is 9.90 Å². The Bertz CT molecular complexity index is 649. The van der Waals surface area contributed by atoms with E-state index in [0.717, 1.165) is 18.4 Å². The summed E-state index contributed by atoms with van der Waals surface area (Å²) in [6.45, 7) is 2.53. The van der Waals surface area contributed by atoms with Crippen LogP contribution in [0.2, 0.25) is 0 Å². The average molecular weight is 330 g/mol. The monoisotopic (exact) mass is 330 g/mol. The highest BCUT2D eigenvalue weighted by atomic mass is 32.1. The summed E-state index contributed by atoms with van der Waals surface area (Å²) in [6, 6.07) is 12.0. The van der Waals surface area contributed by atoms with Gasteiger partial charge in [-0.1, -0.05) is 30.3 Å². The van der Waals surface area contributed by atoms with Crippen molar-refractivity contribution in [2.24, 2.45) is 0 Å². The van der Waals surface area contributed by atoms with Crippen molar-refractivity contribution in [3.63, 3.8) is 0 Å². The molecule has 1 fully saturated rings. The molecule has 4 nitrogen and oxygen atoms in total. The molecule has 3 N–H and O–H groups in total. The van der Waals surface area contributed by atoms with E-state index >= 15 is 0 Å². The van der Waals surface area contributed by atoms with E-state index in [2.05, 4.69) is 22.8 Å². The highest BCUT2D eigenvalue weighted by Crippen LogP contribution is 2.47.